The number of carbonyl (C=O) groups excluding carboxylic acids is 3. The summed E-state index contributed by atoms with van der Waals surface area (Å²) in [5.74, 6) is -0.521. The van der Waals surface area contributed by atoms with E-state index in [0.717, 1.165) is 17.7 Å². The van der Waals surface area contributed by atoms with Crippen molar-refractivity contribution in [2.45, 2.75) is 25.8 Å². The zero-order valence-corrected chi connectivity index (χ0v) is 16.3. The van der Waals surface area contributed by atoms with E-state index in [1.807, 2.05) is 19.1 Å². The Balaban J connectivity index is 1.49. The fourth-order valence-electron chi connectivity index (χ4n) is 3.10. The van der Waals surface area contributed by atoms with Crippen molar-refractivity contribution in [1.82, 2.24) is 10.6 Å². The summed E-state index contributed by atoms with van der Waals surface area (Å²) in [6.07, 6.45) is 1.41. The number of hydrogen-bond donors (Lipinski definition) is 2. The lowest BCUT2D eigenvalue weighted by atomic mass is 10.1. The maximum absolute atomic E-state index is 12.3. The first-order chi connectivity index (χ1) is 13.4. The summed E-state index contributed by atoms with van der Waals surface area (Å²) in [5, 5.41) is 6.08. The van der Waals surface area contributed by atoms with E-state index >= 15 is 0 Å². The molecule has 0 saturated carbocycles. The van der Waals surface area contributed by atoms with Gasteiger partial charge in [0.15, 0.2) is 0 Å². The molecule has 1 fully saturated rings. The van der Waals surface area contributed by atoms with Gasteiger partial charge in [-0.2, -0.15) is 0 Å². The Morgan fingerprint density at radius 3 is 2.39 bits per heavy atom. The van der Waals surface area contributed by atoms with Crippen LogP contribution in [0.4, 0.5) is 5.69 Å². The third-order valence-electron chi connectivity index (χ3n) is 4.67. The van der Waals surface area contributed by atoms with Crippen LogP contribution in [-0.4, -0.2) is 30.8 Å². The van der Waals surface area contributed by atoms with Crippen molar-refractivity contribution < 1.29 is 14.4 Å². The molecule has 2 N–H and O–H groups in total. The molecule has 0 radical (unpaired) electrons. The predicted octanol–water partition coefficient (Wildman–Crippen LogP) is 3.07. The van der Waals surface area contributed by atoms with Gasteiger partial charge in [-0.15, -0.1) is 0 Å². The highest BCUT2D eigenvalue weighted by Crippen LogP contribution is 2.21. The lowest BCUT2D eigenvalue weighted by Gasteiger charge is -2.16. The minimum absolute atomic E-state index is 0.101. The Hall–Kier alpha value is -2.86. The lowest BCUT2D eigenvalue weighted by Crippen LogP contribution is -2.38. The van der Waals surface area contributed by atoms with E-state index < -0.39 is 0 Å². The minimum atomic E-state index is -0.339. The van der Waals surface area contributed by atoms with Crippen LogP contribution in [0.15, 0.2) is 48.5 Å². The van der Waals surface area contributed by atoms with Crippen molar-refractivity contribution in [3.63, 3.8) is 0 Å². The van der Waals surface area contributed by atoms with Crippen molar-refractivity contribution in [1.29, 1.82) is 0 Å². The molecule has 3 amide bonds. The Morgan fingerprint density at radius 1 is 1.11 bits per heavy atom. The maximum atomic E-state index is 12.3. The second-order valence-electron chi connectivity index (χ2n) is 6.72. The first-order valence-electron chi connectivity index (χ1n) is 9.17. The van der Waals surface area contributed by atoms with E-state index in [1.165, 1.54) is 0 Å². The van der Waals surface area contributed by atoms with Crippen molar-refractivity contribution in [2.75, 3.05) is 18.0 Å². The van der Waals surface area contributed by atoms with Crippen LogP contribution in [0, 0.1) is 0 Å². The van der Waals surface area contributed by atoms with Gasteiger partial charge in [-0.05, 0) is 55.3 Å². The first kappa shape index (κ1) is 19.9. The molecule has 2 aromatic rings. The molecular weight excluding hydrogens is 378 g/mol. The molecule has 146 valence electrons. The summed E-state index contributed by atoms with van der Waals surface area (Å²) < 4.78 is 0. The summed E-state index contributed by atoms with van der Waals surface area (Å²) in [4.78, 5) is 37.8. The number of hydrogen-bond acceptors (Lipinski definition) is 3. The largest absolute Gasteiger partial charge is 0.348 e. The molecule has 1 saturated heterocycles. The van der Waals surface area contributed by atoms with E-state index in [0.29, 0.717) is 23.6 Å². The van der Waals surface area contributed by atoms with E-state index in [9.17, 15) is 14.4 Å². The maximum Gasteiger partial charge on any atom is 0.251 e. The van der Waals surface area contributed by atoms with Crippen molar-refractivity contribution in [3.05, 3.63) is 64.7 Å². The number of nitrogens with zero attached hydrogens (tertiary/aromatic N) is 1. The highest BCUT2D eigenvalue weighted by atomic mass is 35.5. The molecule has 1 atom stereocenters. The number of benzene rings is 2. The third kappa shape index (κ3) is 4.89. The molecule has 28 heavy (non-hydrogen) atoms. The fourth-order valence-corrected chi connectivity index (χ4v) is 3.23. The van der Waals surface area contributed by atoms with Crippen LogP contribution in [0.25, 0.3) is 0 Å². The summed E-state index contributed by atoms with van der Waals surface area (Å²) in [6.45, 7) is 2.45. The van der Waals surface area contributed by atoms with Crippen LogP contribution in [0.2, 0.25) is 5.02 Å². The summed E-state index contributed by atoms with van der Waals surface area (Å²) >= 11 is 5.86. The van der Waals surface area contributed by atoms with Crippen LogP contribution in [0.3, 0.4) is 0 Å². The van der Waals surface area contributed by atoms with E-state index in [4.69, 9.17) is 11.6 Å². The first-order valence-corrected chi connectivity index (χ1v) is 9.55. The molecule has 2 aromatic carbocycles. The number of anilines is 1. The SMILES string of the molecule is CC(NC(=O)CNC(=O)c1ccc(N2CCCC2=O)cc1)c1ccc(Cl)cc1. The highest BCUT2D eigenvalue weighted by Gasteiger charge is 2.21. The molecule has 0 bridgehead atoms. The Bertz CT molecular complexity index is 865. The van der Waals surface area contributed by atoms with Gasteiger partial charge in [-0.3, -0.25) is 14.4 Å². The van der Waals surface area contributed by atoms with E-state index in [1.54, 1.807) is 41.3 Å². The van der Waals surface area contributed by atoms with Gasteiger partial charge in [-0.25, -0.2) is 0 Å². The topological polar surface area (TPSA) is 78.5 Å². The van der Waals surface area contributed by atoms with Gasteiger partial charge < -0.3 is 15.5 Å². The van der Waals surface area contributed by atoms with Crippen molar-refractivity contribution >= 4 is 35.0 Å². The fraction of sp³-hybridized carbons (Fsp3) is 0.286. The highest BCUT2D eigenvalue weighted by molar-refractivity contribution is 6.30. The molecule has 1 heterocycles. The number of amides is 3. The molecule has 0 aromatic heterocycles. The van der Waals surface area contributed by atoms with Crippen LogP contribution in [-0.2, 0) is 9.59 Å². The van der Waals surface area contributed by atoms with Gasteiger partial charge in [0.2, 0.25) is 11.8 Å². The quantitative estimate of drug-likeness (QED) is 0.783. The van der Waals surface area contributed by atoms with Gasteiger partial charge in [0.25, 0.3) is 5.91 Å². The average Bonchev–Trinajstić information content (AvgIpc) is 3.12. The smallest absolute Gasteiger partial charge is 0.251 e. The second kappa shape index (κ2) is 8.89. The monoisotopic (exact) mass is 399 g/mol. The zero-order chi connectivity index (χ0) is 20.1. The Kier molecular flexibility index (Phi) is 6.31. The Morgan fingerprint density at radius 2 is 1.79 bits per heavy atom. The molecule has 0 aliphatic carbocycles. The molecular formula is C21H22ClN3O3. The molecule has 6 nitrogen and oxygen atoms in total. The average molecular weight is 400 g/mol. The summed E-state index contributed by atoms with van der Waals surface area (Å²) in [5.41, 5.74) is 2.15. The minimum Gasteiger partial charge on any atom is -0.348 e. The van der Waals surface area contributed by atoms with Gasteiger partial charge in [0, 0.05) is 29.2 Å². The molecule has 0 spiro atoms. The summed E-state index contributed by atoms with van der Waals surface area (Å²) in [7, 11) is 0. The van der Waals surface area contributed by atoms with E-state index in [-0.39, 0.29) is 30.3 Å². The molecule has 1 unspecified atom stereocenters. The van der Waals surface area contributed by atoms with Gasteiger partial charge in [-0.1, -0.05) is 23.7 Å². The summed E-state index contributed by atoms with van der Waals surface area (Å²) in [6, 6.07) is 13.8. The van der Waals surface area contributed by atoms with Crippen molar-refractivity contribution in [2.24, 2.45) is 0 Å². The standard InChI is InChI=1S/C21H22ClN3O3/c1-14(15-4-8-17(22)9-5-15)24-19(26)13-23-21(28)16-6-10-18(11-7-16)25-12-2-3-20(25)27/h4-11,14H,2-3,12-13H2,1H3,(H,23,28)(H,24,26). The number of rotatable bonds is 6. The molecule has 7 heteroatoms. The molecule has 1 aliphatic heterocycles. The number of halogens is 1. The number of nitrogens with one attached hydrogen (secondary N) is 2. The van der Waals surface area contributed by atoms with E-state index in [2.05, 4.69) is 10.6 Å². The van der Waals surface area contributed by atoms with Crippen LogP contribution < -0.4 is 15.5 Å². The molecule has 1 aliphatic rings. The zero-order valence-electron chi connectivity index (χ0n) is 15.6. The third-order valence-corrected chi connectivity index (χ3v) is 4.92. The van der Waals surface area contributed by atoms with Crippen LogP contribution >= 0.6 is 11.6 Å². The Labute approximate surface area is 168 Å². The normalized spacial score (nSPS) is 14.6. The van der Waals surface area contributed by atoms with Gasteiger partial charge in [0.05, 0.1) is 12.6 Å². The van der Waals surface area contributed by atoms with Crippen molar-refractivity contribution in [3.8, 4) is 0 Å². The van der Waals surface area contributed by atoms with Gasteiger partial charge in [0.1, 0.15) is 0 Å². The lowest BCUT2D eigenvalue weighted by molar-refractivity contribution is -0.120. The molecule has 3 rings (SSSR count). The van der Waals surface area contributed by atoms with Crippen LogP contribution in [0.1, 0.15) is 41.7 Å². The second-order valence-corrected chi connectivity index (χ2v) is 7.16. The number of carbonyl (C=O) groups is 3. The van der Waals surface area contributed by atoms with Crippen LogP contribution in [0.5, 0.6) is 0 Å². The predicted molar refractivity (Wildman–Crippen MR) is 108 cm³/mol. The van der Waals surface area contributed by atoms with Gasteiger partial charge >= 0.3 is 0 Å².